The predicted octanol–water partition coefficient (Wildman–Crippen LogP) is 1.98. The summed E-state index contributed by atoms with van der Waals surface area (Å²) in [4.78, 5) is 46.7. The van der Waals surface area contributed by atoms with E-state index in [2.05, 4.69) is 15.3 Å². The molecule has 1 aliphatic rings. The number of amides is 1. The zero-order chi connectivity index (χ0) is 21.6. The SMILES string of the molecule is C/C(=C1\C(=O)NC(C)(c2ccccc2)N1C)c1c(C=O)[nH]c2cc(N)ncc2c1=O. The molecule has 0 saturated carbocycles. The average molecular weight is 403 g/mol. The van der Waals surface area contributed by atoms with Crippen molar-refractivity contribution in [1.82, 2.24) is 20.2 Å². The predicted molar refractivity (Wildman–Crippen MR) is 114 cm³/mol. The Morgan fingerprint density at radius 2 is 1.93 bits per heavy atom. The summed E-state index contributed by atoms with van der Waals surface area (Å²) in [5, 5.41) is 3.29. The number of pyridine rings is 2. The van der Waals surface area contributed by atoms with E-state index in [4.69, 9.17) is 5.73 Å². The van der Waals surface area contributed by atoms with Gasteiger partial charge in [-0.2, -0.15) is 0 Å². The molecule has 1 amide bonds. The summed E-state index contributed by atoms with van der Waals surface area (Å²) in [6.45, 7) is 3.55. The Labute approximate surface area is 172 Å². The van der Waals surface area contributed by atoms with Gasteiger partial charge in [0.1, 0.15) is 17.2 Å². The van der Waals surface area contributed by atoms with Crippen LogP contribution >= 0.6 is 0 Å². The molecule has 0 radical (unpaired) electrons. The maximum absolute atomic E-state index is 13.2. The molecule has 8 nitrogen and oxygen atoms in total. The zero-order valence-corrected chi connectivity index (χ0v) is 16.8. The first kappa shape index (κ1) is 19.4. The van der Waals surface area contributed by atoms with E-state index in [-0.39, 0.29) is 28.4 Å². The first-order chi connectivity index (χ1) is 14.3. The van der Waals surface area contributed by atoms with E-state index in [0.717, 1.165) is 5.56 Å². The quantitative estimate of drug-likeness (QED) is 0.454. The number of likely N-dealkylation sites (N-methyl/N-ethyl adjacent to an activating group) is 1. The number of aromatic nitrogens is 2. The lowest BCUT2D eigenvalue weighted by Gasteiger charge is -2.33. The van der Waals surface area contributed by atoms with Gasteiger partial charge in [0.05, 0.1) is 22.2 Å². The van der Waals surface area contributed by atoms with Crippen LogP contribution in [0.5, 0.6) is 0 Å². The van der Waals surface area contributed by atoms with Crippen LogP contribution in [0.25, 0.3) is 16.5 Å². The number of benzene rings is 1. The number of H-pyrrole nitrogens is 1. The van der Waals surface area contributed by atoms with Crippen LogP contribution in [0.3, 0.4) is 0 Å². The minimum atomic E-state index is -0.796. The summed E-state index contributed by atoms with van der Waals surface area (Å²) in [7, 11) is 1.78. The van der Waals surface area contributed by atoms with Crippen LogP contribution in [0.4, 0.5) is 5.82 Å². The normalized spacial score (nSPS) is 20.4. The summed E-state index contributed by atoms with van der Waals surface area (Å²) < 4.78 is 0. The number of carbonyl (C=O) groups is 2. The molecule has 3 aromatic rings. The summed E-state index contributed by atoms with van der Waals surface area (Å²) in [5.74, 6) is -0.0977. The highest BCUT2D eigenvalue weighted by Crippen LogP contribution is 2.36. The van der Waals surface area contributed by atoms with E-state index in [1.807, 2.05) is 37.3 Å². The highest BCUT2D eigenvalue weighted by molar-refractivity contribution is 6.04. The molecule has 1 aliphatic heterocycles. The van der Waals surface area contributed by atoms with Gasteiger partial charge in [0, 0.05) is 19.3 Å². The van der Waals surface area contributed by atoms with Crippen molar-refractivity contribution in [2.24, 2.45) is 0 Å². The van der Waals surface area contributed by atoms with Crippen molar-refractivity contribution in [3.8, 4) is 0 Å². The third-order valence-corrected chi connectivity index (χ3v) is 5.70. The smallest absolute Gasteiger partial charge is 0.270 e. The van der Waals surface area contributed by atoms with Crippen molar-refractivity contribution in [2.75, 3.05) is 12.8 Å². The molecule has 4 rings (SSSR count). The lowest BCUT2D eigenvalue weighted by Crippen LogP contribution is -2.44. The van der Waals surface area contributed by atoms with E-state index < -0.39 is 11.1 Å². The first-order valence-corrected chi connectivity index (χ1v) is 9.37. The second-order valence-corrected chi connectivity index (χ2v) is 7.44. The second-order valence-electron chi connectivity index (χ2n) is 7.44. The van der Waals surface area contributed by atoms with Gasteiger partial charge in [0.25, 0.3) is 5.91 Å². The van der Waals surface area contributed by atoms with Gasteiger partial charge in [-0.3, -0.25) is 14.4 Å². The highest BCUT2D eigenvalue weighted by Gasteiger charge is 2.44. The van der Waals surface area contributed by atoms with Crippen LogP contribution in [0.2, 0.25) is 0 Å². The summed E-state index contributed by atoms with van der Waals surface area (Å²) in [6.07, 6.45) is 1.94. The van der Waals surface area contributed by atoms with Crippen molar-refractivity contribution in [3.63, 3.8) is 0 Å². The third kappa shape index (κ3) is 2.76. The molecule has 0 bridgehead atoms. The molecule has 1 unspecified atom stereocenters. The van der Waals surface area contributed by atoms with E-state index in [1.165, 1.54) is 12.3 Å². The Balaban J connectivity index is 1.95. The number of nitrogens with zero attached hydrogens (tertiary/aromatic N) is 2. The minimum Gasteiger partial charge on any atom is -0.384 e. The van der Waals surface area contributed by atoms with Gasteiger partial charge in [-0.15, -0.1) is 0 Å². The van der Waals surface area contributed by atoms with E-state index in [1.54, 1.807) is 18.9 Å². The highest BCUT2D eigenvalue weighted by atomic mass is 16.2. The van der Waals surface area contributed by atoms with Gasteiger partial charge < -0.3 is 20.9 Å². The van der Waals surface area contributed by atoms with Gasteiger partial charge in [0.2, 0.25) is 0 Å². The zero-order valence-electron chi connectivity index (χ0n) is 16.8. The lowest BCUT2D eigenvalue weighted by atomic mass is 9.99. The van der Waals surface area contributed by atoms with Crippen LogP contribution in [-0.4, -0.2) is 34.1 Å². The fraction of sp³-hybridized carbons (Fsp3) is 0.182. The van der Waals surface area contributed by atoms with Crippen LogP contribution < -0.4 is 16.5 Å². The first-order valence-electron chi connectivity index (χ1n) is 9.37. The molecular formula is C22H21N5O3. The van der Waals surface area contributed by atoms with Crippen LogP contribution in [0.1, 0.15) is 35.5 Å². The van der Waals surface area contributed by atoms with E-state index >= 15 is 0 Å². The number of aldehydes is 1. The molecular weight excluding hydrogens is 382 g/mol. The Morgan fingerprint density at radius 1 is 1.23 bits per heavy atom. The number of nitrogens with one attached hydrogen (secondary N) is 2. The molecule has 1 atom stereocenters. The van der Waals surface area contributed by atoms with Crippen molar-refractivity contribution in [2.45, 2.75) is 19.5 Å². The van der Waals surface area contributed by atoms with Crippen molar-refractivity contribution in [1.29, 1.82) is 0 Å². The number of hydrogen-bond acceptors (Lipinski definition) is 6. The number of nitrogens with two attached hydrogens (primary N) is 1. The van der Waals surface area contributed by atoms with Gasteiger partial charge in [0.15, 0.2) is 11.7 Å². The number of carbonyl (C=O) groups excluding carboxylic acids is 2. The molecule has 1 saturated heterocycles. The van der Waals surface area contributed by atoms with E-state index in [9.17, 15) is 14.4 Å². The number of aromatic amines is 1. The Bertz CT molecular complexity index is 1280. The number of fused-ring (bicyclic) bond motifs is 1. The standard InChI is InChI=1S/C22H21N5O3/c1-12(18-16(11-28)25-15-9-17(23)24-10-14(15)20(18)29)19-21(30)26-22(2,27(19)3)13-7-5-4-6-8-13/h4-11H,1-3H3,(H2,23,24)(H,25,29)(H,26,30)/b19-12-. The fourth-order valence-electron chi connectivity index (χ4n) is 3.99. The largest absolute Gasteiger partial charge is 0.384 e. The topological polar surface area (TPSA) is 121 Å². The number of nitrogen functional groups attached to an aromatic ring is 1. The third-order valence-electron chi connectivity index (χ3n) is 5.70. The second kappa shape index (κ2) is 6.84. The molecule has 0 aliphatic carbocycles. The van der Waals surface area contributed by atoms with Crippen LogP contribution in [0, 0.1) is 0 Å². The van der Waals surface area contributed by atoms with Crippen LogP contribution in [0.15, 0.2) is 53.1 Å². The molecule has 2 aromatic heterocycles. The lowest BCUT2D eigenvalue weighted by molar-refractivity contribution is -0.117. The van der Waals surface area contributed by atoms with Crippen molar-refractivity contribution >= 4 is 34.5 Å². The molecule has 30 heavy (non-hydrogen) atoms. The summed E-state index contributed by atoms with van der Waals surface area (Å²) >= 11 is 0. The van der Waals surface area contributed by atoms with Gasteiger partial charge in [-0.1, -0.05) is 30.3 Å². The number of anilines is 1. The van der Waals surface area contributed by atoms with Crippen molar-refractivity contribution in [3.05, 3.63) is 75.3 Å². The Hall–Kier alpha value is -3.94. The van der Waals surface area contributed by atoms with Gasteiger partial charge in [-0.05, 0) is 25.0 Å². The molecule has 1 fully saturated rings. The molecule has 3 heterocycles. The fourth-order valence-corrected chi connectivity index (χ4v) is 3.99. The van der Waals surface area contributed by atoms with Gasteiger partial charge in [-0.25, -0.2) is 4.98 Å². The number of hydrogen-bond donors (Lipinski definition) is 3. The monoisotopic (exact) mass is 403 g/mol. The average Bonchev–Trinajstić information content (AvgIpc) is 2.97. The molecule has 0 spiro atoms. The van der Waals surface area contributed by atoms with Crippen molar-refractivity contribution < 1.29 is 9.59 Å². The Morgan fingerprint density at radius 3 is 2.60 bits per heavy atom. The number of allylic oxidation sites excluding steroid dienone is 1. The molecule has 4 N–H and O–H groups in total. The van der Waals surface area contributed by atoms with Crippen LogP contribution in [-0.2, 0) is 10.5 Å². The number of rotatable bonds is 3. The van der Waals surface area contributed by atoms with Gasteiger partial charge >= 0.3 is 0 Å². The van der Waals surface area contributed by atoms with E-state index in [0.29, 0.717) is 23.1 Å². The Kier molecular flexibility index (Phi) is 4.42. The summed E-state index contributed by atoms with van der Waals surface area (Å²) in [6, 6.07) is 11.0. The molecule has 1 aromatic carbocycles. The maximum atomic E-state index is 13.2. The maximum Gasteiger partial charge on any atom is 0.270 e. The molecule has 152 valence electrons. The minimum absolute atomic E-state index is 0.0811. The summed E-state index contributed by atoms with van der Waals surface area (Å²) in [5.41, 5.74) is 6.75. The molecule has 8 heteroatoms.